The van der Waals surface area contributed by atoms with Crippen molar-refractivity contribution >= 4 is 26.5 Å². The number of carbonyl (C=O) groups excluding carboxylic acids is 1. The van der Waals surface area contributed by atoms with Crippen LogP contribution in [0.1, 0.15) is 6.92 Å². The van der Waals surface area contributed by atoms with Crippen LogP contribution in [-0.4, -0.2) is 26.0 Å². The van der Waals surface area contributed by atoms with Gasteiger partial charge in [0.15, 0.2) is 0 Å². The Hall–Kier alpha value is -2.67. The lowest BCUT2D eigenvalue weighted by molar-refractivity contribution is -0.134. The molecule has 2 rings (SSSR count). The third kappa shape index (κ3) is 4.17. The summed E-state index contributed by atoms with van der Waals surface area (Å²) in [7, 11) is -4.08. The zero-order valence-corrected chi connectivity index (χ0v) is 13.3. The van der Waals surface area contributed by atoms with E-state index in [4.69, 9.17) is 4.74 Å². The lowest BCUT2D eigenvalue weighted by Gasteiger charge is -2.08. The largest absolute Gasteiger partial charge is 0.461 e. The van der Waals surface area contributed by atoms with Crippen LogP contribution < -0.4 is 5.43 Å². The van der Waals surface area contributed by atoms with E-state index in [0.29, 0.717) is 5.69 Å². The van der Waals surface area contributed by atoms with Crippen LogP contribution >= 0.6 is 0 Å². The molecule has 0 saturated carbocycles. The second-order valence-electron chi connectivity index (χ2n) is 4.43. The number of ether oxygens (including phenoxy) is 1. The predicted octanol–water partition coefficient (Wildman–Crippen LogP) is 2.45. The fraction of sp³-hybridized carbons (Fsp3) is 0.125. The smallest absolute Gasteiger partial charge is 0.371 e. The zero-order valence-electron chi connectivity index (χ0n) is 12.5. The van der Waals surface area contributed by atoms with Crippen molar-refractivity contribution in [2.24, 2.45) is 5.10 Å². The number of nitrogens with one attached hydrogen (secondary N) is 1. The number of para-hydroxylation sites is 1. The predicted molar refractivity (Wildman–Crippen MR) is 87.8 cm³/mol. The first-order valence-electron chi connectivity index (χ1n) is 6.91. The van der Waals surface area contributed by atoms with Gasteiger partial charge in [0.2, 0.25) is 9.84 Å². The number of hydrogen-bond acceptors (Lipinski definition) is 6. The molecule has 0 aromatic heterocycles. The molecule has 0 aliphatic rings. The number of sulfone groups is 1. The van der Waals surface area contributed by atoms with Gasteiger partial charge in [-0.15, -0.1) is 0 Å². The van der Waals surface area contributed by atoms with E-state index in [1.165, 1.54) is 12.1 Å². The molecule has 1 N–H and O–H groups in total. The van der Waals surface area contributed by atoms with E-state index in [9.17, 15) is 13.2 Å². The summed E-state index contributed by atoms with van der Waals surface area (Å²) in [6.45, 7) is 1.64. The van der Waals surface area contributed by atoms with Crippen LogP contribution in [0.25, 0.3) is 0 Å². The van der Waals surface area contributed by atoms with Crippen molar-refractivity contribution in [3.8, 4) is 0 Å². The van der Waals surface area contributed by atoms with Gasteiger partial charge in [-0.25, -0.2) is 13.2 Å². The molecule has 23 heavy (non-hydrogen) atoms. The van der Waals surface area contributed by atoms with Crippen LogP contribution in [0.15, 0.2) is 70.7 Å². The van der Waals surface area contributed by atoms with Crippen molar-refractivity contribution in [2.75, 3.05) is 12.0 Å². The molecule has 2 aromatic rings. The number of benzene rings is 2. The summed E-state index contributed by atoms with van der Waals surface area (Å²) in [6.07, 6.45) is 0. The third-order valence-electron chi connectivity index (χ3n) is 2.82. The lowest BCUT2D eigenvalue weighted by atomic mass is 10.3. The molecule has 120 valence electrons. The molecule has 0 amide bonds. The molecule has 0 radical (unpaired) electrons. The Morgan fingerprint density at radius 1 is 1.04 bits per heavy atom. The first-order valence-corrected chi connectivity index (χ1v) is 8.40. The number of rotatable bonds is 4. The van der Waals surface area contributed by atoms with Crippen molar-refractivity contribution in [1.82, 2.24) is 0 Å². The standard InChI is InChI=1S/C16H16N2O4S/c1-2-22-16(19)15(18-17-13-9-5-3-6-10-13)23(20,21)14-11-7-4-8-12-14/h3-12,17H,2H2,1H3/b18-15+. The summed E-state index contributed by atoms with van der Waals surface area (Å²) < 4.78 is 30.0. The molecule has 0 spiro atoms. The van der Waals surface area contributed by atoms with Gasteiger partial charge in [0.25, 0.3) is 5.04 Å². The van der Waals surface area contributed by atoms with Gasteiger partial charge in [-0.3, -0.25) is 5.43 Å². The van der Waals surface area contributed by atoms with Crippen LogP contribution in [0.2, 0.25) is 0 Å². The van der Waals surface area contributed by atoms with Gasteiger partial charge < -0.3 is 4.74 Å². The monoisotopic (exact) mass is 332 g/mol. The highest BCUT2D eigenvalue weighted by Gasteiger charge is 2.30. The topological polar surface area (TPSA) is 84.8 Å². The van der Waals surface area contributed by atoms with Crippen molar-refractivity contribution in [3.05, 3.63) is 60.7 Å². The Morgan fingerprint density at radius 3 is 2.17 bits per heavy atom. The maximum atomic E-state index is 12.6. The average molecular weight is 332 g/mol. The van der Waals surface area contributed by atoms with E-state index in [1.54, 1.807) is 49.4 Å². The Labute approximate surface area is 134 Å². The van der Waals surface area contributed by atoms with Gasteiger partial charge in [0.1, 0.15) is 0 Å². The Balaban J connectivity index is 2.40. The average Bonchev–Trinajstić information content (AvgIpc) is 2.57. The van der Waals surface area contributed by atoms with Crippen molar-refractivity contribution < 1.29 is 17.9 Å². The van der Waals surface area contributed by atoms with Gasteiger partial charge in [-0.05, 0) is 31.2 Å². The molecule has 0 fully saturated rings. The highest BCUT2D eigenvalue weighted by Crippen LogP contribution is 2.14. The lowest BCUT2D eigenvalue weighted by Crippen LogP contribution is -2.28. The summed E-state index contributed by atoms with van der Waals surface area (Å²) in [6, 6.07) is 16.3. The number of nitrogens with zero attached hydrogens (tertiary/aromatic N) is 1. The van der Waals surface area contributed by atoms with Gasteiger partial charge in [-0.1, -0.05) is 36.4 Å². The molecule has 7 heteroatoms. The molecule has 0 aliphatic carbocycles. The van der Waals surface area contributed by atoms with Gasteiger partial charge in [0, 0.05) is 0 Å². The first kappa shape index (κ1) is 16.7. The highest BCUT2D eigenvalue weighted by atomic mass is 32.2. The van der Waals surface area contributed by atoms with E-state index in [0.717, 1.165) is 0 Å². The quantitative estimate of drug-likeness (QED) is 0.402. The Kier molecular flexibility index (Phi) is 5.48. The minimum atomic E-state index is -4.08. The van der Waals surface area contributed by atoms with E-state index < -0.39 is 20.9 Å². The molecule has 6 nitrogen and oxygen atoms in total. The summed E-state index contributed by atoms with van der Waals surface area (Å²) in [5.74, 6) is -1.00. The van der Waals surface area contributed by atoms with E-state index in [1.807, 2.05) is 6.07 Å². The third-order valence-corrected chi connectivity index (χ3v) is 4.48. The molecule has 0 unspecified atom stereocenters. The zero-order chi connectivity index (χ0) is 16.7. The maximum absolute atomic E-state index is 12.6. The van der Waals surface area contributed by atoms with Gasteiger partial charge in [-0.2, -0.15) is 5.10 Å². The van der Waals surface area contributed by atoms with Crippen LogP contribution in [-0.2, 0) is 19.4 Å². The number of hydrazone groups is 1. The minimum Gasteiger partial charge on any atom is -0.461 e. The second-order valence-corrected chi connectivity index (χ2v) is 6.30. The highest BCUT2D eigenvalue weighted by molar-refractivity contribution is 8.08. The Bertz CT molecular complexity index is 787. The molecule has 0 heterocycles. The molecule has 2 aromatic carbocycles. The number of anilines is 1. The molecule has 0 bridgehead atoms. The fourth-order valence-corrected chi connectivity index (χ4v) is 2.93. The first-order chi connectivity index (χ1) is 11.1. The number of esters is 1. The number of hydrogen-bond donors (Lipinski definition) is 1. The summed E-state index contributed by atoms with van der Waals surface area (Å²) in [5.41, 5.74) is 3.12. The van der Waals surface area contributed by atoms with Crippen molar-refractivity contribution in [2.45, 2.75) is 11.8 Å². The van der Waals surface area contributed by atoms with E-state index in [-0.39, 0.29) is 11.5 Å². The van der Waals surface area contributed by atoms with Gasteiger partial charge in [0.05, 0.1) is 17.2 Å². The van der Waals surface area contributed by atoms with Crippen molar-refractivity contribution in [1.29, 1.82) is 0 Å². The van der Waals surface area contributed by atoms with Crippen LogP contribution in [0.4, 0.5) is 5.69 Å². The summed E-state index contributed by atoms with van der Waals surface area (Å²) in [4.78, 5) is 12.0. The maximum Gasteiger partial charge on any atom is 0.371 e. The number of carbonyl (C=O) groups is 1. The second kappa shape index (κ2) is 7.55. The molecule has 0 atom stereocenters. The SMILES string of the molecule is CCOC(=O)/C(=N\Nc1ccccc1)S(=O)(=O)c1ccccc1. The van der Waals surface area contributed by atoms with Crippen LogP contribution in [0.3, 0.4) is 0 Å². The summed E-state index contributed by atoms with van der Waals surface area (Å²) >= 11 is 0. The normalized spacial score (nSPS) is 11.8. The summed E-state index contributed by atoms with van der Waals surface area (Å²) in [5, 5.41) is 3.08. The van der Waals surface area contributed by atoms with Crippen LogP contribution in [0, 0.1) is 0 Å². The van der Waals surface area contributed by atoms with Crippen molar-refractivity contribution in [3.63, 3.8) is 0 Å². The van der Waals surface area contributed by atoms with Gasteiger partial charge >= 0.3 is 5.97 Å². The van der Waals surface area contributed by atoms with Crippen LogP contribution in [0.5, 0.6) is 0 Å². The molecular weight excluding hydrogens is 316 g/mol. The molecule has 0 aliphatic heterocycles. The molecular formula is C16H16N2O4S. The molecule has 0 saturated heterocycles. The fourth-order valence-electron chi connectivity index (χ4n) is 1.75. The Morgan fingerprint density at radius 2 is 1.61 bits per heavy atom. The minimum absolute atomic E-state index is 0.0262. The van der Waals surface area contributed by atoms with E-state index >= 15 is 0 Å². The van der Waals surface area contributed by atoms with E-state index in [2.05, 4.69) is 10.5 Å².